The molecule has 0 aromatic rings. The third kappa shape index (κ3) is 13.6. The highest BCUT2D eigenvalue weighted by Crippen LogP contribution is 2.33. The Kier molecular flexibility index (Phi) is 18.0. The largest absolute Gasteiger partial charge is 0.481 e. The summed E-state index contributed by atoms with van der Waals surface area (Å²) >= 11 is 0. The molecule has 0 saturated heterocycles. The van der Waals surface area contributed by atoms with E-state index in [9.17, 15) is 34.5 Å². The number of ether oxygens (including phenoxy) is 1. The molecule has 0 aromatic carbocycles. The quantitative estimate of drug-likeness (QED) is 0.115. The van der Waals surface area contributed by atoms with Crippen molar-refractivity contribution in [3.63, 3.8) is 0 Å². The van der Waals surface area contributed by atoms with Crippen LogP contribution >= 0.6 is 0 Å². The second-order valence-electron chi connectivity index (χ2n) is 9.26. The Morgan fingerprint density at radius 3 is 1.53 bits per heavy atom. The van der Waals surface area contributed by atoms with Crippen LogP contribution < -0.4 is 0 Å². The summed E-state index contributed by atoms with van der Waals surface area (Å²) < 4.78 is 5.18. The van der Waals surface area contributed by atoms with E-state index < -0.39 is 41.8 Å². The van der Waals surface area contributed by atoms with Crippen molar-refractivity contribution in [1.82, 2.24) is 0 Å². The maximum absolute atomic E-state index is 12.4. The molecule has 34 heavy (non-hydrogen) atoms. The molecule has 0 spiro atoms. The van der Waals surface area contributed by atoms with E-state index in [1.54, 1.807) is 0 Å². The molecule has 0 aliphatic heterocycles. The standard InChI is InChI=1S/C26H46O8/c1-3-5-7-9-10-11-12-13-15-16-18-21(24(30)31)26(25(32)33,20-22(27)28)34-23(29)19-17-14-8-6-4-2/h21H,3-20H2,1-2H3,(H,27,28)(H,30,31)(H,32,33). The maximum atomic E-state index is 12.4. The molecule has 0 aliphatic rings. The minimum absolute atomic E-state index is 0.0603. The van der Waals surface area contributed by atoms with Crippen LogP contribution in [0.1, 0.15) is 129 Å². The lowest BCUT2D eigenvalue weighted by Crippen LogP contribution is -2.54. The van der Waals surface area contributed by atoms with Crippen molar-refractivity contribution in [2.75, 3.05) is 0 Å². The van der Waals surface area contributed by atoms with Crippen molar-refractivity contribution >= 4 is 23.9 Å². The zero-order chi connectivity index (χ0) is 25.8. The second kappa shape index (κ2) is 19.2. The number of carbonyl (C=O) groups excluding carboxylic acids is 1. The lowest BCUT2D eigenvalue weighted by molar-refractivity contribution is -0.195. The number of aliphatic carboxylic acids is 3. The molecule has 0 heterocycles. The Bertz CT molecular complexity index is 604. The number of esters is 1. The van der Waals surface area contributed by atoms with Crippen molar-refractivity contribution in [1.29, 1.82) is 0 Å². The summed E-state index contributed by atoms with van der Waals surface area (Å²) in [5, 5.41) is 28.9. The van der Waals surface area contributed by atoms with Crippen molar-refractivity contribution in [2.45, 2.75) is 135 Å². The van der Waals surface area contributed by atoms with Gasteiger partial charge in [0.1, 0.15) is 5.92 Å². The van der Waals surface area contributed by atoms with E-state index in [0.29, 0.717) is 19.3 Å². The summed E-state index contributed by atoms with van der Waals surface area (Å²) in [5.41, 5.74) is -2.61. The van der Waals surface area contributed by atoms with E-state index in [1.807, 2.05) is 0 Å². The molecule has 2 unspecified atom stereocenters. The Labute approximate surface area is 204 Å². The average Bonchev–Trinajstić information content (AvgIpc) is 2.76. The molecule has 0 fully saturated rings. The molecule has 0 aliphatic carbocycles. The van der Waals surface area contributed by atoms with Gasteiger partial charge in [0.05, 0.1) is 6.42 Å². The fourth-order valence-corrected chi connectivity index (χ4v) is 4.24. The Balaban J connectivity index is 4.96. The summed E-state index contributed by atoms with van der Waals surface area (Å²) in [6.07, 6.45) is 13.3. The SMILES string of the molecule is CCCCCCCCCCCCC(C(=O)O)C(CC(=O)O)(OC(=O)CCCCCCC)C(=O)O. The second-order valence-corrected chi connectivity index (χ2v) is 9.26. The van der Waals surface area contributed by atoms with E-state index >= 15 is 0 Å². The average molecular weight is 487 g/mol. The fraction of sp³-hybridized carbons (Fsp3) is 0.846. The Morgan fingerprint density at radius 1 is 0.676 bits per heavy atom. The topological polar surface area (TPSA) is 138 Å². The molecule has 2 atom stereocenters. The lowest BCUT2D eigenvalue weighted by atomic mass is 9.80. The zero-order valence-corrected chi connectivity index (χ0v) is 21.2. The third-order valence-corrected chi connectivity index (χ3v) is 6.26. The van der Waals surface area contributed by atoms with E-state index in [0.717, 1.165) is 44.9 Å². The van der Waals surface area contributed by atoms with Crippen LogP contribution in [0.4, 0.5) is 0 Å². The lowest BCUT2D eigenvalue weighted by Gasteiger charge is -2.33. The van der Waals surface area contributed by atoms with E-state index in [-0.39, 0.29) is 12.8 Å². The molecular weight excluding hydrogens is 440 g/mol. The Hall–Kier alpha value is -2.12. The normalized spacial score (nSPS) is 13.7. The molecular formula is C26H46O8. The fourth-order valence-electron chi connectivity index (χ4n) is 4.24. The number of carboxylic acid groups (broad SMARTS) is 3. The summed E-state index contributed by atoms with van der Waals surface area (Å²) in [6, 6.07) is 0. The van der Waals surface area contributed by atoms with Crippen LogP contribution in [0.3, 0.4) is 0 Å². The first-order valence-electron chi connectivity index (χ1n) is 13.1. The molecule has 3 N–H and O–H groups in total. The smallest absolute Gasteiger partial charge is 0.349 e. The molecule has 8 heteroatoms. The van der Waals surface area contributed by atoms with Crippen LogP contribution in [0.5, 0.6) is 0 Å². The number of hydrogen-bond acceptors (Lipinski definition) is 5. The molecule has 198 valence electrons. The summed E-state index contributed by atoms with van der Waals surface area (Å²) in [6.45, 7) is 4.23. The van der Waals surface area contributed by atoms with Gasteiger partial charge in [0.25, 0.3) is 0 Å². The summed E-state index contributed by atoms with van der Waals surface area (Å²) in [4.78, 5) is 48.0. The minimum atomic E-state index is -2.61. The van der Waals surface area contributed by atoms with Gasteiger partial charge in [-0.2, -0.15) is 0 Å². The molecule has 8 nitrogen and oxygen atoms in total. The number of carbonyl (C=O) groups is 4. The van der Waals surface area contributed by atoms with Crippen LogP contribution in [0, 0.1) is 5.92 Å². The van der Waals surface area contributed by atoms with Gasteiger partial charge >= 0.3 is 23.9 Å². The summed E-state index contributed by atoms with van der Waals surface area (Å²) in [5.74, 6) is -7.20. The van der Waals surface area contributed by atoms with Gasteiger partial charge in [-0.15, -0.1) is 0 Å². The van der Waals surface area contributed by atoms with E-state index in [4.69, 9.17) is 4.74 Å². The van der Waals surface area contributed by atoms with Crippen molar-refractivity contribution in [3.8, 4) is 0 Å². The monoisotopic (exact) mass is 486 g/mol. The van der Waals surface area contributed by atoms with Gasteiger partial charge < -0.3 is 20.1 Å². The van der Waals surface area contributed by atoms with Gasteiger partial charge in [0.15, 0.2) is 0 Å². The maximum Gasteiger partial charge on any atom is 0.349 e. The summed E-state index contributed by atoms with van der Waals surface area (Å²) in [7, 11) is 0. The van der Waals surface area contributed by atoms with Gasteiger partial charge in [0, 0.05) is 6.42 Å². The molecule has 0 saturated carbocycles. The number of unbranched alkanes of at least 4 members (excludes halogenated alkanes) is 13. The number of hydrogen-bond donors (Lipinski definition) is 3. The molecule has 0 bridgehead atoms. The van der Waals surface area contributed by atoms with Gasteiger partial charge in [-0.05, 0) is 12.8 Å². The van der Waals surface area contributed by atoms with Gasteiger partial charge in [-0.25, -0.2) is 4.79 Å². The van der Waals surface area contributed by atoms with Crippen LogP contribution in [0.2, 0.25) is 0 Å². The Morgan fingerprint density at radius 2 is 1.12 bits per heavy atom. The van der Waals surface area contributed by atoms with Crippen LogP contribution in [0.15, 0.2) is 0 Å². The first-order valence-corrected chi connectivity index (χ1v) is 13.1. The first kappa shape index (κ1) is 31.9. The van der Waals surface area contributed by atoms with Crippen molar-refractivity contribution < 1.29 is 39.2 Å². The van der Waals surface area contributed by atoms with Gasteiger partial charge in [-0.1, -0.05) is 104 Å². The minimum Gasteiger partial charge on any atom is -0.481 e. The van der Waals surface area contributed by atoms with Crippen LogP contribution in [0.25, 0.3) is 0 Å². The van der Waals surface area contributed by atoms with Crippen LogP contribution in [-0.2, 0) is 23.9 Å². The first-order chi connectivity index (χ1) is 16.2. The van der Waals surface area contributed by atoms with E-state index in [2.05, 4.69) is 13.8 Å². The van der Waals surface area contributed by atoms with E-state index in [1.165, 1.54) is 32.1 Å². The highest BCUT2D eigenvalue weighted by atomic mass is 16.6. The van der Waals surface area contributed by atoms with Crippen molar-refractivity contribution in [3.05, 3.63) is 0 Å². The highest BCUT2D eigenvalue weighted by molar-refractivity contribution is 5.92. The number of carboxylic acids is 3. The van der Waals surface area contributed by atoms with Crippen molar-refractivity contribution in [2.24, 2.45) is 5.92 Å². The van der Waals surface area contributed by atoms with Gasteiger partial charge in [-0.3, -0.25) is 14.4 Å². The van der Waals surface area contributed by atoms with Crippen LogP contribution in [-0.4, -0.2) is 44.8 Å². The molecule has 0 amide bonds. The predicted molar refractivity (Wildman–Crippen MR) is 130 cm³/mol. The zero-order valence-electron chi connectivity index (χ0n) is 21.2. The molecule has 0 radical (unpaired) electrons. The molecule has 0 rings (SSSR count). The third-order valence-electron chi connectivity index (χ3n) is 6.26. The molecule has 0 aromatic heterocycles. The highest BCUT2D eigenvalue weighted by Gasteiger charge is 2.54. The number of rotatable bonds is 23. The predicted octanol–water partition coefficient (Wildman–Crippen LogP) is 6.20. The van der Waals surface area contributed by atoms with Gasteiger partial charge in [0.2, 0.25) is 5.60 Å².